The molecule has 1 atom stereocenters. The molecule has 1 aromatic heterocycles. The maximum Gasteiger partial charge on any atom is 0.145 e. The molecule has 0 aliphatic heterocycles. The maximum atomic E-state index is 9.64. The summed E-state index contributed by atoms with van der Waals surface area (Å²) in [7, 11) is 0. The molecule has 0 spiro atoms. The number of benzene rings is 1. The molecule has 2 aromatic rings. The summed E-state index contributed by atoms with van der Waals surface area (Å²) in [4.78, 5) is 4.19. The average molecular weight is 243 g/mol. The molecule has 1 heterocycles. The molecule has 3 nitrogen and oxygen atoms in total. The van der Waals surface area contributed by atoms with E-state index >= 15 is 0 Å². The van der Waals surface area contributed by atoms with E-state index in [2.05, 4.69) is 4.98 Å². The van der Waals surface area contributed by atoms with Crippen LogP contribution in [-0.4, -0.2) is 10.1 Å². The van der Waals surface area contributed by atoms with E-state index in [-0.39, 0.29) is 0 Å². The Hall–Kier alpha value is -1.87. The molecule has 1 aromatic carbocycles. The van der Waals surface area contributed by atoms with E-state index in [1.54, 1.807) is 12.3 Å². The zero-order valence-electron chi connectivity index (χ0n) is 10.6. The van der Waals surface area contributed by atoms with Gasteiger partial charge in [0.1, 0.15) is 11.5 Å². The molecule has 0 unspecified atom stereocenters. The minimum atomic E-state index is -0.502. The van der Waals surface area contributed by atoms with E-state index in [4.69, 9.17) is 4.74 Å². The van der Waals surface area contributed by atoms with Crippen molar-refractivity contribution in [2.75, 3.05) is 0 Å². The second-order valence-corrected chi connectivity index (χ2v) is 4.26. The third-order valence-corrected chi connectivity index (χ3v) is 2.71. The summed E-state index contributed by atoms with van der Waals surface area (Å²) >= 11 is 0. The topological polar surface area (TPSA) is 42.4 Å². The molecule has 1 N–H and O–H groups in total. The van der Waals surface area contributed by atoms with Crippen LogP contribution in [0.2, 0.25) is 0 Å². The fourth-order valence-electron chi connectivity index (χ4n) is 1.67. The van der Waals surface area contributed by atoms with Crippen LogP contribution in [-0.2, 0) is 0 Å². The second kappa shape index (κ2) is 5.65. The van der Waals surface area contributed by atoms with Gasteiger partial charge in [0.05, 0.1) is 18.0 Å². The van der Waals surface area contributed by atoms with Gasteiger partial charge in [0.2, 0.25) is 0 Å². The van der Waals surface area contributed by atoms with Gasteiger partial charge < -0.3 is 9.84 Å². The van der Waals surface area contributed by atoms with Crippen LogP contribution in [0.5, 0.6) is 11.5 Å². The van der Waals surface area contributed by atoms with Crippen LogP contribution in [0.1, 0.15) is 30.7 Å². The lowest BCUT2D eigenvalue weighted by Crippen LogP contribution is -1.98. The zero-order chi connectivity index (χ0) is 13.0. The third-order valence-electron chi connectivity index (χ3n) is 2.71. The van der Waals surface area contributed by atoms with Crippen LogP contribution in [0.3, 0.4) is 0 Å². The van der Waals surface area contributed by atoms with E-state index < -0.39 is 6.10 Å². The van der Waals surface area contributed by atoms with Gasteiger partial charge in [-0.2, -0.15) is 0 Å². The average Bonchev–Trinajstić information content (AvgIpc) is 2.39. The van der Waals surface area contributed by atoms with E-state index in [0.717, 1.165) is 11.3 Å². The van der Waals surface area contributed by atoms with Crippen molar-refractivity contribution < 1.29 is 9.84 Å². The van der Waals surface area contributed by atoms with E-state index in [1.807, 2.05) is 44.2 Å². The first kappa shape index (κ1) is 12.6. The van der Waals surface area contributed by atoms with E-state index in [1.165, 1.54) is 0 Å². The van der Waals surface area contributed by atoms with Crippen LogP contribution >= 0.6 is 0 Å². The van der Waals surface area contributed by atoms with Crippen molar-refractivity contribution >= 4 is 0 Å². The molecule has 0 bridgehead atoms. The van der Waals surface area contributed by atoms with E-state index in [9.17, 15) is 5.11 Å². The van der Waals surface area contributed by atoms with Crippen molar-refractivity contribution in [1.82, 2.24) is 4.98 Å². The molecule has 3 heteroatoms. The largest absolute Gasteiger partial charge is 0.456 e. The minimum absolute atomic E-state index is 0.502. The predicted molar refractivity (Wildman–Crippen MR) is 70.7 cm³/mol. The number of rotatable bonds is 4. The van der Waals surface area contributed by atoms with Crippen molar-refractivity contribution in [2.45, 2.75) is 26.4 Å². The van der Waals surface area contributed by atoms with Crippen molar-refractivity contribution in [3.8, 4) is 11.5 Å². The molecule has 0 saturated carbocycles. The Morgan fingerprint density at radius 3 is 2.67 bits per heavy atom. The van der Waals surface area contributed by atoms with Gasteiger partial charge in [-0.25, -0.2) is 0 Å². The van der Waals surface area contributed by atoms with Crippen molar-refractivity contribution in [3.05, 3.63) is 53.9 Å². The first-order chi connectivity index (χ1) is 8.69. The lowest BCUT2D eigenvalue weighted by Gasteiger charge is -2.09. The zero-order valence-corrected chi connectivity index (χ0v) is 10.6. The van der Waals surface area contributed by atoms with Gasteiger partial charge >= 0.3 is 0 Å². The van der Waals surface area contributed by atoms with Gasteiger partial charge in [-0.3, -0.25) is 4.98 Å². The molecular weight excluding hydrogens is 226 g/mol. The van der Waals surface area contributed by atoms with E-state index in [0.29, 0.717) is 17.9 Å². The summed E-state index contributed by atoms with van der Waals surface area (Å²) in [6, 6.07) is 11.5. The highest BCUT2D eigenvalue weighted by Crippen LogP contribution is 2.23. The van der Waals surface area contributed by atoms with Crippen LogP contribution < -0.4 is 4.74 Å². The van der Waals surface area contributed by atoms with Crippen LogP contribution in [0.25, 0.3) is 0 Å². The normalized spacial score (nSPS) is 12.2. The van der Waals surface area contributed by atoms with Crippen molar-refractivity contribution in [3.63, 3.8) is 0 Å². The van der Waals surface area contributed by atoms with Gasteiger partial charge in [0.15, 0.2) is 0 Å². The number of aryl methyl sites for hydroxylation is 1. The minimum Gasteiger partial charge on any atom is -0.456 e. The van der Waals surface area contributed by atoms with Gasteiger partial charge in [0.25, 0.3) is 0 Å². The number of ether oxygens (including phenoxy) is 1. The number of aliphatic hydroxyl groups excluding tert-OH is 1. The highest BCUT2D eigenvalue weighted by Gasteiger charge is 2.06. The summed E-state index contributed by atoms with van der Waals surface area (Å²) in [5.41, 5.74) is 1.83. The molecule has 0 amide bonds. The van der Waals surface area contributed by atoms with Crippen LogP contribution in [0.15, 0.2) is 42.6 Å². The molecular formula is C15H17NO2. The Labute approximate surface area is 107 Å². The molecule has 0 fully saturated rings. The van der Waals surface area contributed by atoms with Gasteiger partial charge in [-0.05, 0) is 43.2 Å². The Morgan fingerprint density at radius 1 is 1.22 bits per heavy atom. The van der Waals surface area contributed by atoms with Crippen molar-refractivity contribution in [2.24, 2.45) is 0 Å². The first-order valence-electron chi connectivity index (χ1n) is 6.07. The number of hydrogen-bond donors (Lipinski definition) is 1. The summed E-state index contributed by atoms with van der Waals surface area (Å²) in [5.74, 6) is 1.47. The first-order valence-corrected chi connectivity index (χ1v) is 6.07. The summed E-state index contributed by atoms with van der Waals surface area (Å²) in [5, 5.41) is 9.64. The standard InChI is InChI=1S/C15H17NO2/c1-3-15(17)14-8-7-13(10-16-14)18-12-6-4-5-11(2)9-12/h4-10,15,17H,3H2,1-2H3/t15-/m0/s1. The molecule has 94 valence electrons. The van der Waals surface area contributed by atoms with Crippen LogP contribution in [0, 0.1) is 6.92 Å². The highest BCUT2D eigenvalue weighted by atomic mass is 16.5. The SMILES string of the molecule is CC[C@H](O)c1ccc(Oc2cccc(C)c2)cn1. The summed E-state index contributed by atoms with van der Waals surface area (Å²) in [6.45, 7) is 3.94. The number of hydrogen-bond acceptors (Lipinski definition) is 3. The highest BCUT2D eigenvalue weighted by molar-refractivity contribution is 5.32. The number of nitrogens with zero attached hydrogens (tertiary/aromatic N) is 1. The Morgan fingerprint density at radius 2 is 2.06 bits per heavy atom. The lowest BCUT2D eigenvalue weighted by molar-refractivity contribution is 0.169. The fraction of sp³-hybridized carbons (Fsp3) is 0.267. The fourth-order valence-corrected chi connectivity index (χ4v) is 1.67. The van der Waals surface area contributed by atoms with Crippen LogP contribution in [0.4, 0.5) is 0 Å². The van der Waals surface area contributed by atoms with Gasteiger partial charge in [-0.1, -0.05) is 19.1 Å². The smallest absolute Gasteiger partial charge is 0.145 e. The molecule has 0 aliphatic rings. The lowest BCUT2D eigenvalue weighted by atomic mass is 10.2. The molecule has 0 aliphatic carbocycles. The Kier molecular flexibility index (Phi) is 3.95. The quantitative estimate of drug-likeness (QED) is 0.891. The number of aromatic nitrogens is 1. The van der Waals surface area contributed by atoms with Gasteiger partial charge in [0, 0.05) is 0 Å². The molecule has 0 radical (unpaired) electrons. The number of aliphatic hydroxyl groups is 1. The maximum absolute atomic E-state index is 9.64. The molecule has 18 heavy (non-hydrogen) atoms. The second-order valence-electron chi connectivity index (χ2n) is 4.26. The summed E-state index contributed by atoms with van der Waals surface area (Å²) in [6.07, 6.45) is 1.79. The third kappa shape index (κ3) is 3.08. The molecule has 0 saturated heterocycles. The van der Waals surface area contributed by atoms with Gasteiger partial charge in [-0.15, -0.1) is 0 Å². The Bertz CT molecular complexity index is 508. The number of pyridine rings is 1. The monoisotopic (exact) mass is 243 g/mol. The summed E-state index contributed by atoms with van der Waals surface area (Å²) < 4.78 is 5.68. The predicted octanol–water partition coefficient (Wildman–Crippen LogP) is 3.63. The molecule has 2 rings (SSSR count). The Balaban J connectivity index is 2.11. The van der Waals surface area contributed by atoms with Crippen molar-refractivity contribution in [1.29, 1.82) is 0 Å².